The summed E-state index contributed by atoms with van der Waals surface area (Å²) < 4.78 is 20.3. The molecular weight excluding hydrogens is 405 g/mol. The van der Waals surface area contributed by atoms with E-state index in [1.807, 2.05) is 31.1 Å². The summed E-state index contributed by atoms with van der Waals surface area (Å²) in [5, 5.41) is 9.27. The first-order chi connectivity index (χ1) is 14.4. The van der Waals surface area contributed by atoms with Gasteiger partial charge in [0.15, 0.2) is 5.13 Å². The Kier molecular flexibility index (Phi) is 5.80. The van der Waals surface area contributed by atoms with Gasteiger partial charge >= 0.3 is 0 Å². The number of thiazole rings is 1. The standard InChI is InChI=1S/C21H24FN5O2S/c1-12(2)20-24-18(26-29-20)14-7-8-16(15(22)10-14)27-9-5-4-6-17(27)19(28)25-21-23-13(3)11-30-21/h7-8,10-12,17H,4-6,9H2,1-3H3,(H,23,25,28). The fraction of sp³-hybridized carbons (Fsp3) is 0.429. The van der Waals surface area contributed by atoms with Crippen LogP contribution >= 0.6 is 11.3 Å². The van der Waals surface area contributed by atoms with Crippen LogP contribution < -0.4 is 10.2 Å². The van der Waals surface area contributed by atoms with E-state index < -0.39 is 11.9 Å². The van der Waals surface area contributed by atoms with Crippen molar-refractivity contribution >= 4 is 28.1 Å². The normalized spacial score (nSPS) is 16.8. The predicted molar refractivity (Wildman–Crippen MR) is 114 cm³/mol. The van der Waals surface area contributed by atoms with E-state index in [1.54, 1.807) is 12.1 Å². The number of nitrogens with one attached hydrogen (secondary N) is 1. The van der Waals surface area contributed by atoms with Crippen molar-refractivity contribution < 1.29 is 13.7 Å². The molecule has 1 amide bonds. The smallest absolute Gasteiger partial charge is 0.248 e. The quantitative estimate of drug-likeness (QED) is 0.629. The molecule has 9 heteroatoms. The zero-order valence-corrected chi connectivity index (χ0v) is 18.0. The lowest BCUT2D eigenvalue weighted by atomic mass is 10.00. The third-order valence-corrected chi connectivity index (χ3v) is 5.98. The van der Waals surface area contributed by atoms with Crippen molar-refractivity contribution in [2.24, 2.45) is 0 Å². The molecule has 3 aromatic rings. The first-order valence-corrected chi connectivity index (χ1v) is 10.9. The Labute approximate surface area is 178 Å². The summed E-state index contributed by atoms with van der Waals surface area (Å²) in [6.45, 7) is 6.40. The van der Waals surface area contributed by atoms with E-state index in [9.17, 15) is 4.79 Å². The van der Waals surface area contributed by atoms with E-state index in [1.165, 1.54) is 17.4 Å². The van der Waals surface area contributed by atoms with E-state index in [0.717, 1.165) is 18.5 Å². The highest BCUT2D eigenvalue weighted by Gasteiger charge is 2.31. The van der Waals surface area contributed by atoms with E-state index in [4.69, 9.17) is 4.52 Å². The van der Waals surface area contributed by atoms with Crippen molar-refractivity contribution in [3.05, 3.63) is 41.0 Å². The molecule has 1 N–H and O–H groups in total. The molecule has 30 heavy (non-hydrogen) atoms. The van der Waals surface area contributed by atoms with Crippen LogP contribution in [-0.4, -0.2) is 33.6 Å². The third-order valence-electron chi connectivity index (χ3n) is 5.11. The Morgan fingerprint density at radius 1 is 1.33 bits per heavy atom. The molecule has 2 aromatic heterocycles. The Morgan fingerprint density at radius 2 is 2.17 bits per heavy atom. The van der Waals surface area contributed by atoms with Crippen molar-refractivity contribution in [1.82, 2.24) is 15.1 Å². The number of carbonyl (C=O) groups excluding carboxylic acids is 1. The molecule has 3 heterocycles. The van der Waals surface area contributed by atoms with Gasteiger partial charge < -0.3 is 14.7 Å². The molecule has 1 unspecified atom stereocenters. The first-order valence-electron chi connectivity index (χ1n) is 10.1. The van der Waals surface area contributed by atoms with E-state index in [2.05, 4.69) is 20.4 Å². The number of rotatable bonds is 5. The third kappa shape index (κ3) is 4.21. The number of anilines is 2. The van der Waals surface area contributed by atoms with Crippen molar-refractivity contribution in [2.75, 3.05) is 16.8 Å². The first kappa shape index (κ1) is 20.5. The van der Waals surface area contributed by atoms with Crippen LogP contribution in [0.3, 0.4) is 0 Å². The molecule has 158 valence electrons. The van der Waals surface area contributed by atoms with Crippen molar-refractivity contribution in [2.45, 2.75) is 52.0 Å². The second-order valence-corrected chi connectivity index (χ2v) is 8.62. The Hall–Kier alpha value is -2.81. The number of halogens is 1. The highest BCUT2D eigenvalue weighted by atomic mass is 32.1. The second kappa shape index (κ2) is 8.51. The Balaban J connectivity index is 1.56. The number of hydrogen-bond acceptors (Lipinski definition) is 7. The number of nitrogens with zero attached hydrogens (tertiary/aromatic N) is 4. The molecular formula is C21H24FN5O2S. The average Bonchev–Trinajstić information content (AvgIpc) is 3.37. The lowest BCUT2D eigenvalue weighted by Crippen LogP contribution is -2.47. The Bertz CT molecular complexity index is 1050. The maximum Gasteiger partial charge on any atom is 0.248 e. The molecule has 7 nitrogen and oxygen atoms in total. The number of carbonyl (C=O) groups is 1. The second-order valence-electron chi connectivity index (χ2n) is 7.77. The number of benzene rings is 1. The molecule has 1 aliphatic heterocycles. The summed E-state index contributed by atoms with van der Waals surface area (Å²) >= 11 is 1.39. The molecule has 1 aliphatic rings. The fourth-order valence-electron chi connectivity index (χ4n) is 3.56. The van der Waals surface area contributed by atoms with Gasteiger partial charge in [0.05, 0.1) is 11.4 Å². The molecule has 0 saturated carbocycles. The number of amides is 1. The lowest BCUT2D eigenvalue weighted by molar-refractivity contribution is -0.117. The van der Waals surface area contributed by atoms with Gasteiger partial charge in [-0.15, -0.1) is 11.3 Å². The summed E-state index contributed by atoms with van der Waals surface area (Å²) in [7, 11) is 0. The minimum absolute atomic E-state index is 0.101. The van der Waals surface area contributed by atoms with Crippen molar-refractivity contribution in [1.29, 1.82) is 0 Å². The number of aryl methyl sites for hydroxylation is 1. The maximum atomic E-state index is 15.1. The van der Waals surface area contributed by atoms with Crippen molar-refractivity contribution in [3.8, 4) is 11.4 Å². The van der Waals surface area contributed by atoms with Crippen LogP contribution in [0.25, 0.3) is 11.4 Å². The largest absolute Gasteiger partial charge is 0.357 e. The van der Waals surface area contributed by atoms with Crippen LogP contribution in [0.2, 0.25) is 0 Å². The minimum atomic E-state index is -0.443. The zero-order valence-electron chi connectivity index (χ0n) is 17.2. The van der Waals surface area contributed by atoms with Gasteiger partial charge in [0, 0.05) is 23.4 Å². The molecule has 1 atom stereocenters. The molecule has 4 rings (SSSR count). The molecule has 0 bridgehead atoms. The van der Waals surface area contributed by atoms with Crippen LogP contribution in [0.1, 0.15) is 50.6 Å². The van der Waals surface area contributed by atoms with Gasteiger partial charge in [-0.05, 0) is 44.4 Å². The molecule has 0 spiro atoms. The van der Waals surface area contributed by atoms with E-state index in [-0.39, 0.29) is 11.8 Å². The van der Waals surface area contributed by atoms with Gasteiger partial charge in [-0.25, -0.2) is 9.37 Å². The van der Waals surface area contributed by atoms with Gasteiger partial charge in [0.25, 0.3) is 0 Å². The van der Waals surface area contributed by atoms with Crippen LogP contribution in [0.5, 0.6) is 0 Å². The predicted octanol–water partition coefficient (Wildman–Crippen LogP) is 4.76. The summed E-state index contributed by atoms with van der Waals surface area (Å²) in [5.74, 6) is 0.404. The number of piperidine rings is 1. The minimum Gasteiger partial charge on any atom is -0.357 e. The van der Waals surface area contributed by atoms with Gasteiger partial charge in [-0.1, -0.05) is 19.0 Å². The molecule has 0 radical (unpaired) electrons. The summed E-state index contributed by atoms with van der Waals surface area (Å²) in [6, 6.07) is 4.41. The van der Waals surface area contributed by atoms with Gasteiger partial charge in [0.1, 0.15) is 11.9 Å². The van der Waals surface area contributed by atoms with Crippen LogP contribution in [0.4, 0.5) is 15.2 Å². The van der Waals surface area contributed by atoms with Crippen molar-refractivity contribution in [3.63, 3.8) is 0 Å². The van der Waals surface area contributed by atoms with E-state index in [0.29, 0.717) is 41.1 Å². The van der Waals surface area contributed by atoms with Crippen LogP contribution in [0, 0.1) is 12.7 Å². The highest BCUT2D eigenvalue weighted by molar-refractivity contribution is 7.13. The zero-order chi connectivity index (χ0) is 21.3. The lowest BCUT2D eigenvalue weighted by Gasteiger charge is -2.36. The topological polar surface area (TPSA) is 84.2 Å². The Morgan fingerprint density at radius 3 is 2.83 bits per heavy atom. The number of hydrogen-bond donors (Lipinski definition) is 1. The molecule has 1 saturated heterocycles. The van der Waals surface area contributed by atoms with Crippen LogP contribution in [-0.2, 0) is 4.79 Å². The number of aromatic nitrogens is 3. The van der Waals surface area contributed by atoms with Crippen LogP contribution in [0.15, 0.2) is 28.1 Å². The van der Waals surface area contributed by atoms with Gasteiger partial charge in [0.2, 0.25) is 17.6 Å². The van der Waals surface area contributed by atoms with Gasteiger partial charge in [-0.2, -0.15) is 4.98 Å². The highest BCUT2D eigenvalue weighted by Crippen LogP contribution is 2.31. The maximum absolute atomic E-state index is 15.1. The monoisotopic (exact) mass is 429 g/mol. The van der Waals surface area contributed by atoms with E-state index >= 15 is 4.39 Å². The summed E-state index contributed by atoms with van der Waals surface area (Å²) in [4.78, 5) is 23.3. The SMILES string of the molecule is Cc1csc(NC(=O)C2CCCCN2c2ccc(-c3noc(C(C)C)n3)cc2F)n1. The fourth-order valence-corrected chi connectivity index (χ4v) is 4.25. The molecule has 0 aliphatic carbocycles. The summed E-state index contributed by atoms with van der Waals surface area (Å²) in [6.07, 6.45) is 2.50. The molecule has 1 fully saturated rings. The molecule has 1 aromatic carbocycles. The van der Waals surface area contributed by atoms with Gasteiger partial charge in [-0.3, -0.25) is 4.79 Å². The average molecular weight is 430 g/mol. The summed E-state index contributed by atoms with van der Waals surface area (Å²) in [5.41, 5.74) is 1.81.